The van der Waals surface area contributed by atoms with Crippen LogP contribution in [-0.4, -0.2) is 23.1 Å². The largest absolute Gasteiger partial charge is 0.384 e. The molecule has 0 radical (unpaired) electrons. The van der Waals surface area contributed by atoms with Gasteiger partial charge in [0.05, 0.1) is 0 Å². The smallest absolute Gasteiger partial charge is 0.134 e. The molecule has 2 heterocycles. The van der Waals surface area contributed by atoms with Gasteiger partial charge in [-0.05, 0) is 25.7 Å². The topological polar surface area (TPSA) is 55.0 Å². The van der Waals surface area contributed by atoms with Crippen molar-refractivity contribution in [1.29, 1.82) is 0 Å². The fraction of sp³-hybridized carbons (Fsp3) is 0.667. The lowest BCUT2D eigenvalue weighted by Gasteiger charge is -2.28. The summed E-state index contributed by atoms with van der Waals surface area (Å²) >= 11 is 0. The maximum atomic E-state index is 5.82. The van der Waals surface area contributed by atoms with Gasteiger partial charge in [-0.3, -0.25) is 0 Å². The van der Waals surface area contributed by atoms with Crippen molar-refractivity contribution in [2.75, 3.05) is 23.7 Å². The molecule has 0 amide bonds. The van der Waals surface area contributed by atoms with Crippen LogP contribution in [0.25, 0.3) is 0 Å². The molecule has 0 atom stereocenters. The Morgan fingerprint density at radius 3 is 2.69 bits per heavy atom. The Morgan fingerprint density at radius 1 is 1.25 bits per heavy atom. The summed E-state index contributed by atoms with van der Waals surface area (Å²) in [5.74, 6) is 2.48. The molecular weight excluding hydrogens is 200 g/mol. The third kappa shape index (κ3) is 2.62. The minimum Gasteiger partial charge on any atom is -0.384 e. The van der Waals surface area contributed by atoms with Crippen LogP contribution in [0.4, 0.5) is 11.6 Å². The second kappa shape index (κ2) is 5.14. The highest BCUT2D eigenvalue weighted by Gasteiger charge is 2.13. The zero-order valence-corrected chi connectivity index (χ0v) is 9.95. The van der Waals surface area contributed by atoms with Crippen LogP contribution in [0.1, 0.15) is 38.4 Å². The van der Waals surface area contributed by atoms with Gasteiger partial charge in [0.25, 0.3) is 0 Å². The minimum atomic E-state index is 0.596. The monoisotopic (exact) mass is 220 g/mol. The van der Waals surface area contributed by atoms with Gasteiger partial charge in [0, 0.05) is 25.6 Å². The molecule has 2 rings (SSSR count). The molecule has 1 aromatic rings. The third-order valence-electron chi connectivity index (χ3n) is 2.93. The van der Waals surface area contributed by atoms with Gasteiger partial charge in [0.15, 0.2) is 0 Å². The lowest BCUT2D eigenvalue weighted by atomic mass is 10.1. The number of nitrogens with two attached hydrogens (primary N) is 1. The summed E-state index contributed by atoms with van der Waals surface area (Å²) < 4.78 is 0. The Hall–Kier alpha value is -1.32. The molecule has 0 saturated carbocycles. The Bertz CT molecular complexity index is 345. The van der Waals surface area contributed by atoms with Crippen molar-refractivity contribution in [1.82, 2.24) is 9.97 Å². The summed E-state index contributed by atoms with van der Waals surface area (Å²) in [5.41, 5.74) is 5.82. The molecule has 1 saturated heterocycles. The lowest BCUT2D eigenvalue weighted by Crippen LogP contribution is -2.30. The molecule has 0 spiro atoms. The van der Waals surface area contributed by atoms with Gasteiger partial charge < -0.3 is 10.6 Å². The van der Waals surface area contributed by atoms with Crippen LogP contribution in [0, 0.1) is 0 Å². The van der Waals surface area contributed by atoms with Crippen molar-refractivity contribution >= 4 is 11.6 Å². The van der Waals surface area contributed by atoms with E-state index in [1.165, 1.54) is 19.3 Å². The van der Waals surface area contributed by atoms with Crippen LogP contribution in [0.3, 0.4) is 0 Å². The van der Waals surface area contributed by atoms with Gasteiger partial charge in [-0.25, -0.2) is 9.97 Å². The van der Waals surface area contributed by atoms with E-state index in [2.05, 4.69) is 21.8 Å². The van der Waals surface area contributed by atoms with Gasteiger partial charge in [-0.2, -0.15) is 0 Å². The van der Waals surface area contributed by atoms with E-state index >= 15 is 0 Å². The van der Waals surface area contributed by atoms with Crippen molar-refractivity contribution < 1.29 is 0 Å². The molecule has 4 nitrogen and oxygen atoms in total. The highest BCUT2D eigenvalue weighted by Crippen LogP contribution is 2.19. The van der Waals surface area contributed by atoms with E-state index in [4.69, 9.17) is 5.73 Å². The van der Waals surface area contributed by atoms with Crippen LogP contribution in [0.5, 0.6) is 0 Å². The molecule has 1 aromatic heterocycles. The van der Waals surface area contributed by atoms with E-state index in [1.54, 1.807) is 0 Å². The van der Waals surface area contributed by atoms with Gasteiger partial charge >= 0.3 is 0 Å². The summed E-state index contributed by atoms with van der Waals surface area (Å²) in [7, 11) is 0. The molecule has 2 N–H and O–H groups in total. The highest BCUT2D eigenvalue weighted by molar-refractivity contribution is 5.47. The van der Waals surface area contributed by atoms with Gasteiger partial charge in [0.1, 0.15) is 17.5 Å². The fourth-order valence-electron chi connectivity index (χ4n) is 2.12. The van der Waals surface area contributed by atoms with E-state index in [1.807, 2.05) is 6.07 Å². The average molecular weight is 220 g/mol. The normalized spacial score (nSPS) is 16.4. The van der Waals surface area contributed by atoms with E-state index in [9.17, 15) is 0 Å². The fourth-order valence-corrected chi connectivity index (χ4v) is 2.12. The van der Waals surface area contributed by atoms with Crippen LogP contribution >= 0.6 is 0 Å². The number of hydrogen-bond acceptors (Lipinski definition) is 4. The molecule has 16 heavy (non-hydrogen) atoms. The Labute approximate surface area is 96.9 Å². The SMILES string of the molecule is CCCc1nc(N)cc(N2CCCCC2)n1. The van der Waals surface area contributed by atoms with E-state index in [-0.39, 0.29) is 0 Å². The maximum absolute atomic E-state index is 5.82. The first-order valence-corrected chi connectivity index (χ1v) is 6.18. The Morgan fingerprint density at radius 2 is 2.00 bits per heavy atom. The van der Waals surface area contributed by atoms with Gasteiger partial charge in [-0.1, -0.05) is 6.92 Å². The quantitative estimate of drug-likeness (QED) is 0.846. The van der Waals surface area contributed by atoms with Crippen molar-refractivity contribution in [3.05, 3.63) is 11.9 Å². The number of aromatic nitrogens is 2. The van der Waals surface area contributed by atoms with Gasteiger partial charge in [-0.15, -0.1) is 0 Å². The molecule has 0 bridgehead atoms. The summed E-state index contributed by atoms with van der Waals surface area (Å²) in [6.45, 7) is 4.33. The molecular formula is C12H20N4. The Balaban J connectivity index is 2.18. The van der Waals surface area contributed by atoms with Crippen molar-refractivity contribution in [2.45, 2.75) is 39.0 Å². The predicted octanol–water partition coefficient (Wildman–Crippen LogP) is 2.00. The summed E-state index contributed by atoms with van der Waals surface area (Å²) in [5, 5.41) is 0. The van der Waals surface area contributed by atoms with E-state index in [0.717, 1.165) is 37.6 Å². The zero-order chi connectivity index (χ0) is 11.4. The number of rotatable bonds is 3. The molecule has 1 aliphatic heterocycles. The molecule has 1 fully saturated rings. The molecule has 0 aromatic carbocycles. The van der Waals surface area contributed by atoms with Crippen LogP contribution in [0.15, 0.2) is 6.07 Å². The van der Waals surface area contributed by atoms with Gasteiger partial charge in [0.2, 0.25) is 0 Å². The first-order chi connectivity index (χ1) is 7.79. The van der Waals surface area contributed by atoms with E-state index < -0.39 is 0 Å². The zero-order valence-electron chi connectivity index (χ0n) is 9.95. The number of nitrogens with zero attached hydrogens (tertiary/aromatic N) is 3. The number of nitrogen functional groups attached to an aromatic ring is 1. The first-order valence-electron chi connectivity index (χ1n) is 6.18. The van der Waals surface area contributed by atoms with Crippen molar-refractivity contribution in [3.8, 4) is 0 Å². The van der Waals surface area contributed by atoms with Crippen LogP contribution < -0.4 is 10.6 Å². The molecule has 0 aliphatic carbocycles. The van der Waals surface area contributed by atoms with Crippen molar-refractivity contribution in [3.63, 3.8) is 0 Å². The second-order valence-electron chi connectivity index (χ2n) is 4.36. The van der Waals surface area contributed by atoms with Crippen LogP contribution in [-0.2, 0) is 6.42 Å². The first kappa shape index (κ1) is 11.2. The lowest BCUT2D eigenvalue weighted by molar-refractivity contribution is 0.572. The standard InChI is InChI=1S/C12H20N4/c1-2-6-11-14-10(13)9-12(15-11)16-7-4-3-5-8-16/h9H,2-8H2,1H3,(H2,13,14,15). The van der Waals surface area contributed by atoms with E-state index in [0.29, 0.717) is 5.82 Å². The van der Waals surface area contributed by atoms with Crippen molar-refractivity contribution in [2.24, 2.45) is 0 Å². The average Bonchev–Trinajstić information content (AvgIpc) is 2.30. The third-order valence-corrected chi connectivity index (χ3v) is 2.93. The summed E-state index contributed by atoms with van der Waals surface area (Å²) in [6, 6.07) is 1.89. The predicted molar refractivity (Wildman–Crippen MR) is 66.5 cm³/mol. The maximum Gasteiger partial charge on any atom is 0.134 e. The summed E-state index contributed by atoms with van der Waals surface area (Å²) in [6.07, 6.45) is 5.81. The Kier molecular flexibility index (Phi) is 3.59. The number of anilines is 2. The number of piperidine rings is 1. The number of aryl methyl sites for hydroxylation is 1. The minimum absolute atomic E-state index is 0.596. The second-order valence-corrected chi connectivity index (χ2v) is 4.36. The summed E-state index contributed by atoms with van der Waals surface area (Å²) in [4.78, 5) is 11.2. The molecule has 1 aliphatic rings. The molecule has 88 valence electrons. The highest BCUT2D eigenvalue weighted by atomic mass is 15.2. The molecule has 4 heteroatoms. The molecule has 0 unspecified atom stereocenters. The van der Waals surface area contributed by atoms with Crippen LogP contribution in [0.2, 0.25) is 0 Å². The number of hydrogen-bond donors (Lipinski definition) is 1.